The van der Waals surface area contributed by atoms with E-state index in [-0.39, 0.29) is 11.0 Å². The van der Waals surface area contributed by atoms with Gasteiger partial charge in [-0.2, -0.15) is 0 Å². The summed E-state index contributed by atoms with van der Waals surface area (Å²) in [6.45, 7) is 5.93. The van der Waals surface area contributed by atoms with Crippen LogP contribution in [0.1, 0.15) is 46.0 Å². The van der Waals surface area contributed by atoms with Crippen molar-refractivity contribution in [2.24, 2.45) is 23.2 Å². The van der Waals surface area contributed by atoms with E-state index in [0.29, 0.717) is 12.5 Å². The van der Waals surface area contributed by atoms with Crippen molar-refractivity contribution in [1.29, 1.82) is 0 Å². The fourth-order valence-corrected chi connectivity index (χ4v) is 4.31. The van der Waals surface area contributed by atoms with Crippen molar-refractivity contribution < 1.29 is 9.84 Å². The fourth-order valence-electron chi connectivity index (χ4n) is 4.31. The molecule has 1 aliphatic heterocycles. The lowest BCUT2D eigenvalue weighted by molar-refractivity contribution is -0.102. The Balaban J connectivity index is 1.73. The van der Waals surface area contributed by atoms with Gasteiger partial charge < -0.3 is 9.84 Å². The summed E-state index contributed by atoms with van der Waals surface area (Å²) in [5, 5.41) is 9.68. The van der Waals surface area contributed by atoms with Crippen LogP contribution in [0.3, 0.4) is 0 Å². The van der Waals surface area contributed by atoms with Crippen LogP contribution in [-0.2, 0) is 4.74 Å². The van der Waals surface area contributed by atoms with Gasteiger partial charge in [0.15, 0.2) is 0 Å². The number of fused-ring (bicyclic) bond motifs is 2. The van der Waals surface area contributed by atoms with Crippen LogP contribution in [0.4, 0.5) is 0 Å². The molecule has 0 aromatic heterocycles. The van der Waals surface area contributed by atoms with Crippen LogP contribution in [0.5, 0.6) is 0 Å². The van der Waals surface area contributed by atoms with E-state index in [0.717, 1.165) is 18.4 Å². The quantitative estimate of drug-likeness (QED) is 0.781. The molecule has 2 heteroatoms. The second-order valence-electron chi connectivity index (χ2n) is 6.60. The normalized spacial score (nSPS) is 51.0. The minimum absolute atomic E-state index is 0.0673. The highest BCUT2D eigenvalue weighted by Crippen LogP contribution is 2.69. The summed E-state index contributed by atoms with van der Waals surface area (Å²) in [5.74, 6) is 2.36. The van der Waals surface area contributed by atoms with Crippen LogP contribution in [-0.4, -0.2) is 23.9 Å². The number of rotatable bonds is 2. The maximum Gasteiger partial charge on any atom is 0.0764 e. The molecule has 92 valence electrons. The summed E-state index contributed by atoms with van der Waals surface area (Å²) in [6, 6.07) is 0. The molecule has 0 aromatic carbocycles. The molecule has 1 saturated heterocycles. The first-order valence-electron chi connectivity index (χ1n) is 6.88. The lowest BCUT2D eigenvalue weighted by Crippen LogP contribution is -2.45. The number of ether oxygens (including phenoxy) is 1. The van der Waals surface area contributed by atoms with Gasteiger partial charge in [-0.25, -0.2) is 0 Å². The molecule has 16 heavy (non-hydrogen) atoms. The average molecular weight is 224 g/mol. The predicted octanol–water partition coefficient (Wildman–Crippen LogP) is 2.60. The Morgan fingerprint density at radius 3 is 2.50 bits per heavy atom. The van der Waals surface area contributed by atoms with Gasteiger partial charge in [0, 0.05) is 5.41 Å². The lowest BCUT2D eigenvalue weighted by Gasteiger charge is -2.43. The van der Waals surface area contributed by atoms with Gasteiger partial charge in [0.2, 0.25) is 0 Å². The second-order valence-corrected chi connectivity index (χ2v) is 6.60. The molecule has 2 unspecified atom stereocenters. The van der Waals surface area contributed by atoms with Crippen molar-refractivity contribution in [3.05, 3.63) is 0 Å². The maximum atomic E-state index is 9.68. The molecular weight excluding hydrogens is 200 g/mol. The molecule has 3 aliphatic rings. The van der Waals surface area contributed by atoms with Crippen molar-refractivity contribution in [3.8, 4) is 0 Å². The smallest absolute Gasteiger partial charge is 0.0764 e. The largest absolute Gasteiger partial charge is 0.396 e. The van der Waals surface area contributed by atoms with Crippen molar-refractivity contribution >= 4 is 0 Å². The van der Waals surface area contributed by atoms with Crippen LogP contribution < -0.4 is 0 Å². The Bertz CT molecular complexity index is 274. The Morgan fingerprint density at radius 2 is 2.00 bits per heavy atom. The molecule has 1 N–H and O–H groups in total. The molecule has 2 atom stereocenters. The van der Waals surface area contributed by atoms with E-state index in [4.69, 9.17) is 4.74 Å². The molecule has 0 amide bonds. The molecule has 2 nitrogen and oxygen atoms in total. The van der Waals surface area contributed by atoms with Crippen LogP contribution in [0.2, 0.25) is 0 Å². The molecule has 1 spiro atoms. The highest BCUT2D eigenvalue weighted by Gasteiger charge is 2.71. The molecular formula is C14H24O2. The van der Waals surface area contributed by atoms with E-state index in [9.17, 15) is 5.11 Å². The van der Waals surface area contributed by atoms with E-state index >= 15 is 0 Å². The molecule has 3 fully saturated rings. The highest BCUT2D eigenvalue weighted by atomic mass is 16.5. The zero-order chi connectivity index (χ0) is 11.4. The number of aliphatic hydroxyl groups excluding tert-OH is 1. The second kappa shape index (κ2) is 3.46. The zero-order valence-electron chi connectivity index (χ0n) is 10.5. The van der Waals surface area contributed by atoms with Gasteiger partial charge in [0.25, 0.3) is 0 Å². The van der Waals surface area contributed by atoms with E-state index in [1.165, 1.54) is 32.1 Å². The zero-order valence-corrected chi connectivity index (χ0v) is 10.5. The Hall–Kier alpha value is -0.0800. The molecule has 0 radical (unpaired) electrons. The minimum Gasteiger partial charge on any atom is -0.396 e. The Labute approximate surface area is 98.4 Å². The van der Waals surface area contributed by atoms with Crippen LogP contribution in [0, 0.1) is 23.2 Å². The maximum absolute atomic E-state index is 9.68. The standard InChI is InChI=1S/C14H24O2/c1-10(2)11-3-5-14(6-4-11)13(9-15)7-12(13)8-16-14/h10-12,15H,3-9H2,1-2H3. The summed E-state index contributed by atoms with van der Waals surface area (Å²) < 4.78 is 6.11. The average Bonchev–Trinajstić information content (AvgIpc) is 2.96. The van der Waals surface area contributed by atoms with E-state index in [1.54, 1.807) is 0 Å². The van der Waals surface area contributed by atoms with E-state index < -0.39 is 0 Å². The van der Waals surface area contributed by atoms with Crippen LogP contribution in [0.25, 0.3) is 0 Å². The van der Waals surface area contributed by atoms with Gasteiger partial charge in [-0.1, -0.05) is 13.8 Å². The molecule has 2 saturated carbocycles. The van der Waals surface area contributed by atoms with E-state index in [1.807, 2.05) is 0 Å². The third-order valence-corrected chi connectivity index (χ3v) is 5.76. The first-order valence-corrected chi connectivity index (χ1v) is 6.88. The summed E-state index contributed by atoms with van der Waals surface area (Å²) in [7, 11) is 0. The SMILES string of the molecule is CC(C)C1CCC2(CC1)OCC1CC12CO. The van der Waals surface area contributed by atoms with Crippen LogP contribution >= 0.6 is 0 Å². The van der Waals surface area contributed by atoms with Gasteiger partial charge in [-0.15, -0.1) is 0 Å². The summed E-state index contributed by atoms with van der Waals surface area (Å²) >= 11 is 0. The Morgan fingerprint density at radius 1 is 1.31 bits per heavy atom. The number of hydrogen-bond acceptors (Lipinski definition) is 2. The topological polar surface area (TPSA) is 29.5 Å². The van der Waals surface area contributed by atoms with Crippen LogP contribution in [0.15, 0.2) is 0 Å². The van der Waals surface area contributed by atoms with Gasteiger partial charge >= 0.3 is 0 Å². The summed E-state index contributed by atoms with van der Waals surface area (Å²) in [5.41, 5.74) is 0.243. The number of hydrogen-bond donors (Lipinski definition) is 1. The Kier molecular flexibility index (Phi) is 2.38. The fraction of sp³-hybridized carbons (Fsp3) is 1.00. The van der Waals surface area contributed by atoms with Crippen molar-refractivity contribution in [3.63, 3.8) is 0 Å². The third-order valence-electron chi connectivity index (χ3n) is 5.76. The molecule has 3 rings (SSSR count). The lowest BCUT2D eigenvalue weighted by atomic mass is 9.68. The van der Waals surface area contributed by atoms with Crippen molar-refractivity contribution in [2.75, 3.05) is 13.2 Å². The van der Waals surface area contributed by atoms with E-state index in [2.05, 4.69) is 13.8 Å². The molecule has 1 heterocycles. The summed E-state index contributed by atoms with van der Waals surface area (Å²) in [4.78, 5) is 0. The van der Waals surface area contributed by atoms with Gasteiger partial charge in [0.1, 0.15) is 0 Å². The molecule has 0 bridgehead atoms. The first kappa shape index (κ1) is 11.0. The van der Waals surface area contributed by atoms with Crippen molar-refractivity contribution in [2.45, 2.75) is 51.6 Å². The van der Waals surface area contributed by atoms with Gasteiger partial charge in [-0.3, -0.25) is 0 Å². The summed E-state index contributed by atoms with van der Waals surface area (Å²) in [6.07, 6.45) is 6.19. The molecule has 2 aliphatic carbocycles. The van der Waals surface area contributed by atoms with Gasteiger partial charge in [-0.05, 0) is 49.9 Å². The minimum atomic E-state index is 0.0673. The van der Waals surface area contributed by atoms with Gasteiger partial charge in [0.05, 0.1) is 18.8 Å². The first-order chi connectivity index (χ1) is 7.63. The predicted molar refractivity (Wildman–Crippen MR) is 63.1 cm³/mol. The number of aliphatic hydroxyl groups is 1. The highest BCUT2D eigenvalue weighted by molar-refractivity contribution is 5.19. The monoisotopic (exact) mass is 224 g/mol. The third kappa shape index (κ3) is 1.26. The molecule has 0 aromatic rings. The van der Waals surface area contributed by atoms with Crippen molar-refractivity contribution in [1.82, 2.24) is 0 Å².